The smallest absolute Gasteiger partial charge is 0.323 e. The maximum atomic E-state index is 11.6. The zero-order valence-electron chi connectivity index (χ0n) is 36.0. The molecule has 314 valence electrons. The third kappa shape index (κ3) is 12.3. The predicted octanol–water partition coefficient (Wildman–Crippen LogP) is 1.39. The zero-order valence-corrected chi connectivity index (χ0v) is 36.0. The summed E-state index contributed by atoms with van der Waals surface area (Å²) in [4.78, 5) is 68.6. The van der Waals surface area contributed by atoms with Gasteiger partial charge in [0.15, 0.2) is 12.2 Å². The minimum Gasteiger partial charge on any atom is -0.365 e. The first kappa shape index (κ1) is 48.7. The molecule has 2 aliphatic heterocycles. The van der Waals surface area contributed by atoms with Gasteiger partial charge in [-0.3, -0.25) is 9.80 Å². The molecule has 4 amide bonds. The number of aliphatic hydroxyl groups is 1. The van der Waals surface area contributed by atoms with Crippen molar-refractivity contribution in [3.8, 4) is 11.4 Å². The van der Waals surface area contributed by atoms with Crippen LogP contribution in [0.25, 0.3) is 11.4 Å². The number of anilines is 5. The highest BCUT2D eigenvalue weighted by Gasteiger charge is 2.54. The first-order chi connectivity index (χ1) is 25.5. The highest BCUT2D eigenvalue weighted by molar-refractivity contribution is 5.84. The van der Waals surface area contributed by atoms with Gasteiger partial charge in [-0.05, 0) is 28.2 Å². The summed E-state index contributed by atoms with van der Waals surface area (Å²) >= 11 is 0. The number of likely N-dealkylation sites (N-methyl/N-ethyl adjacent to an activating group) is 4. The second-order valence-electron chi connectivity index (χ2n) is 14.4. The number of fused-ring (bicyclic) bond motifs is 1. The van der Waals surface area contributed by atoms with E-state index in [9.17, 15) is 9.59 Å². The van der Waals surface area contributed by atoms with E-state index in [0.717, 1.165) is 5.56 Å². The molecule has 20 heteroatoms. The molecule has 0 spiro atoms. The summed E-state index contributed by atoms with van der Waals surface area (Å²) in [5, 5.41) is 9.06. The van der Waals surface area contributed by atoms with Gasteiger partial charge in [0.05, 0.1) is 0 Å². The number of hydrogen-bond acceptors (Lipinski definition) is 16. The zero-order chi connectivity index (χ0) is 42.1. The summed E-state index contributed by atoms with van der Waals surface area (Å²) in [5.41, 5.74) is 0.992. The normalized spacial score (nSPS) is 15.7. The van der Waals surface area contributed by atoms with Crippen molar-refractivity contribution in [2.45, 2.75) is 26.1 Å². The second-order valence-corrected chi connectivity index (χ2v) is 14.4. The number of hydrogen-bond donors (Lipinski definition) is 1. The molecule has 0 unspecified atom stereocenters. The molecule has 0 radical (unpaired) electrons. The van der Waals surface area contributed by atoms with Gasteiger partial charge < -0.3 is 49.2 Å². The van der Waals surface area contributed by atoms with Crippen LogP contribution < -0.4 is 24.5 Å². The minimum atomic E-state index is -0.463. The topological polar surface area (TPSA) is 167 Å². The van der Waals surface area contributed by atoms with Crippen LogP contribution in [0.1, 0.15) is 7.43 Å². The molecule has 4 heterocycles. The molecule has 0 aliphatic carbocycles. The Morgan fingerprint density at radius 1 is 0.482 bits per heavy atom. The van der Waals surface area contributed by atoms with Crippen molar-refractivity contribution in [3.05, 3.63) is 30.3 Å². The number of aliphatic hydroxyl groups excluding tert-OH is 1. The van der Waals surface area contributed by atoms with E-state index in [-0.39, 0.29) is 31.8 Å². The maximum Gasteiger partial charge on any atom is 0.323 e. The van der Waals surface area contributed by atoms with E-state index >= 15 is 0 Å². The average Bonchev–Trinajstić information content (AvgIpc) is 3.51. The molecule has 5 rings (SSSR count). The number of carbonyl (C=O) groups excluding carboxylic acids is 2. The standard InChI is InChI=1S/C13H17N5.C9H18N6.C8H14N4O2.C5H14N2O.CH4/c1-17(2)12-14-11(10-8-6-5-7-9-10)15-13(16-12)18(3)4;1-13(2)7-10-8(14(3)4)12-9(11-7)15(5)6;1-9-5-6(11(3)7(9)13)12(4)8(14)10(5)2;1-6(2)5(8)7(3)4;/h5-9H,1-4H3;1-6H3;5-6H,1-4H3;5,8H,1-4H3;1H4. The van der Waals surface area contributed by atoms with Gasteiger partial charge in [-0.25, -0.2) is 9.59 Å². The lowest BCUT2D eigenvalue weighted by Gasteiger charge is -2.24. The molecule has 0 bridgehead atoms. The SMILES string of the molecule is C.CN(C)C(O)N(C)C.CN(C)c1nc(-c2ccccc2)nc(N(C)C)n1.CN(C)c1nc(N(C)C)nc(N(C)C)n1.CN1C(=O)N(C)C2C1N(C)C(=O)N2C. The van der Waals surface area contributed by atoms with Gasteiger partial charge in [0, 0.05) is 104 Å². The molecule has 3 aromatic rings. The first-order valence-corrected chi connectivity index (χ1v) is 17.5. The Hall–Kier alpha value is -5.34. The Morgan fingerprint density at radius 3 is 0.946 bits per heavy atom. The number of carbonyl (C=O) groups is 2. The van der Waals surface area contributed by atoms with Crippen LogP contribution in [-0.2, 0) is 0 Å². The minimum absolute atomic E-state index is 0. The molecular weight excluding hydrogens is 719 g/mol. The van der Waals surface area contributed by atoms with Crippen LogP contribution in [0.5, 0.6) is 0 Å². The number of urea groups is 2. The highest BCUT2D eigenvalue weighted by Crippen LogP contribution is 2.30. The molecular formula is C36H67N17O3. The van der Waals surface area contributed by atoms with Gasteiger partial charge >= 0.3 is 12.1 Å². The number of aromatic nitrogens is 6. The van der Waals surface area contributed by atoms with Crippen molar-refractivity contribution in [3.63, 3.8) is 0 Å². The first-order valence-electron chi connectivity index (χ1n) is 17.5. The van der Waals surface area contributed by atoms with Crippen LogP contribution in [0, 0.1) is 0 Å². The summed E-state index contributed by atoms with van der Waals surface area (Å²) in [7, 11) is 33.3. The van der Waals surface area contributed by atoms with Crippen molar-refractivity contribution in [1.29, 1.82) is 0 Å². The van der Waals surface area contributed by atoms with Gasteiger partial charge in [-0.1, -0.05) is 37.8 Å². The van der Waals surface area contributed by atoms with Crippen LogP contribution in [0.2, 0.25) is 0 Å². The van der Waals surface area contributed by atoms with Gasteiger partial charge in [0.1, 0.15) is 12.3 Å². The van der Waals surface area contributed by atoms with E-state index in [0.29, 0.717) is 35.6 Å². The predicted molar refractivity (Wildman–Crippen MR) is 226 cm³/mol. The van der Waals surface area contributed by atoms with Gasteiger partial charge in [-0.15, -0.1) is 0 Å². The third-order valence-corrected chi connectivity index (χ3v) is 8.23. The summed E-state index contributed by atoms with van der Waals surface area (Å²) in [5.74, 6) is 4.00. The number of amides is 4. The third-order valence-electron chi connectivity index (χ3n) is 8.23. The summed E-state index contributed by atoms with van der Waals surface area (Å²) in [6.07, 6.45) is -0.787. The lowest BCUT2D eigenvalue weighted by Crippen LogP contribution is -2.42. The largest absolute Gasteiger partial charge is 0.365 e. The molecule has 56 heavy (non-hydrogen) atoms. The molecule has 2 saturated heterocycles. The fraction of sp³-hybridized carbons (Fsp3) is 0.611. The Morgan fingerprint density at radius 2 is 0.732 bits per heavy atom. The van der Waals surface area contributed by atoms with Crippen molar-refractivity contribution in [2.75, 3.05) is 151 Å². The Balaban J connectivity index is 0.000000383. The molecule has 0 atom stereocenters. The quantitative estimate of drug-likeness (QED) is 0.325. The lowest BCUT2D eigenvalue weighted by atomic mass is 10.2. The van der Waals surface area contributed by atoms with E-state index in [1.165, 1.54) is 0 Å². The van der Waals surface area contributed by atoms with Crippen molar-refractivity contribution in [1.82, 2.24) is 59.3 Å². The van der Waals surface area contributed by atoms with Gasteiger partial charge in [-0.2, -0.15) is 29.9 Å². The van der Waals surface area contributed by atoms with E-state index < -0.39 is 6.35 Å². The average molecular weight is 786 g/mol. The summed E-state index contributed by atoms with van der Waals surface area (Å²) in [6, 6.07) is 9.82. The van der Waals surface area contributed by atoms with E-state index in [2.05, 4.69) is 29.9 Å². The monoisotopic (exact) mass is 786 g/mol. The Labute approximate surface area is 334 Å². The molecule has 20 nitrogen and oxygen atoms in total. The summed E-state index contributed by atoms with van der Waals surface area (Å²) < 4.78 is 0. The number of benzene rings is 1. The fourth-order valence-corrected chi connectivity index (χ4v) is 5.15. The Kier molecular flexibility index (Phi) is 18.3. The van der Waals surface area contributed by atoms with Crippen LogP contribution in [0.15, 0.2) is 30.3 Å². The van der Waals surface area contributed by atoms with E-state index in [1.54, 1.807) is 57.6 Å². The number of nitrogens with zero attached hydrogens (tertiary/aromatic N) is 17. The van der Waals surface area contributed by atoms with Gasteiger partial charge in [0.25, 0.3) is 0 Å². The summed E-state index contributed by atoms with van der Waals surface area (Å²) in [6.45, 7) is 0. The molecule has 2 aliphatic rings. The fourth-order valence-electron chi connectivity index (χ4n) is 5.15. The van der Waals surface area contributed by atoms with Crippen LogP contribution >= 0.6 is 0 Å². The lowest BCUT2D eigenvalue weighted by molar-refractivity contribution is -0.0650. The van der Waals surface area contributed by atoms with Crippen LogP contribution in [0.3, 0.4) is 0 Å². The van der Waals surface area contributed by atoms with Crippen molar-refractivity contribution in [2.24, 2.45) is 0 Å². The Bertz CT molecular complexity index is 1520. The van der Waals surface area contributed by atoms with Crippen LogP contribution in [0.4, 0.5) is 39.3 Å². The highest BCUT2D eigenvalue weighted by atomic mass is 16.3. The molecule has 2 aromatic heterocycles. The van der Waals surface area contributed by atoms with Gasteiger partial charge in [0.2, 0.25) is 29.7 Å². The molecule has 1 aromatic carbocycles. The second kappa shape index (κ2) is 21.1. The molecule has 1 N–H and O–H groups in total. The van der Waals surface area contributed by atoms with Crippen molar-refractivity contribution < 1.29 is 14.7 Å². The van der Waals surface area contributed by atoms with Crippen molar-refractivity contribution >= 4 is 41.8 Å². The van der Waals surface area contributed by atoms with Crippen LogP contribution in [-0.4, -0.2) is 222 Å². The number of rotatable bonds is 8. The van der Waals surface area contributed by atoms with E-state index in [1.807, 2.05) is 153 Å². The molecule has 2 fully saturated rings. The molecule has 0 saturated carbocycles. The maximum absolute atomic E-state index is 11.6. The van der Waals surface area contributed by atoms with E-state index in [4.69, 9.17) is 5.11 Å².